The number of hydrogen-bond acceptors (Lipinski definition) is 3. The smallest absolute Gasteiger partial charge is 0.374 e. The van der Waals surface area contributed by atoms with Gasteiger partial charge in [0.2, 0.25) is 5.82 Å². The monoisotopic (exact) mass is 166 g/mol. The van der Waals surface area contributed by atoms with E-state index >= 15 is 0 Å². The van der Waals surface area contributed by atoms with Gasteiger partial charge in [0.25, 0.3) is 0 Å². The van der Waals surface area contributed by atoms with E-state index in [1.54, 1.807) is 19.2 Å². The van der Waals surface area contributed by atoms with Crippen LogP contribution < -0.4 is 0 Å². The summed E-state index contributed by atoms with van der Waals surface area (Å²) in [6, 6.07) is 0. The molecule has 1 aromatic heterocycles. The Balaban J connectivity index is 2.74. The Morgan fingerprint density at radius 1 is 1.92 bits per heavy atom. The summed E-state index contributed by atoms with van der Waals surface area (Å²) in [5.74, 6) is -0.225. The normalized spacial score (nSPS) is 9.42. The highest BCUT2D eigenvalue weighted by Crippen LogP contribution is 1.99. The predicted molar refractivity (Wildman–Crippen MR) is 44.6 cm³/mol. The topological polar surface area (TPSA) is 55.0 Å². The molecule has 0 fully saturated rings. The molecule has 0 amide bonds. The van der Waals surface area contributed by atoms with Crippen molar-refractivity contribution in [2.45, 2.75) is 6.92 Å². The van der Waals surface area contributed by atoms with Gasteiger partial charge in [0, 0.05) is 6.20 Å². The van der Waals surface area contributed by atoms with Crippen LogP contribution in [-0.2, 0) is 4.74 Å². The number of carbonyl (C=O) groups excluding carboxylic acids is 1. The number of imidazole rings is 1. The first-order valence-electron chi connectivity index (χ1n) is 3.63. The molecule has 12 heavy (non-hydrogen) atoms. The molecular formula is C8H10N2O2. The lowest BCUT2D eigenvalue weighted by Crippen LogP contribution is -2.06. The minimum absolute atomic E-state index is 0.215. The second-order valence-electron chi connectivity index (χ2n) is 2.10. The van der Waals surface area contributed by atoms with Crippen LogP contribution in [0.4, 0.5) is 0 Å². The molecule has 0 unspecified atom stereocenters. The first-order valence-corrected chi connectivity index (χ1v) is 3.63. The Morgan fingerprint density at radius 2 is 2.67 bits per heavy atom. The molecule has 0 saturated heterocycles. The highest BCUT2D eigenvalue weighted by atomic mass is 16.5. The van der Waals surface area contributed by atoms with E-state index < -0.39 is 5.97 Å². The summed E-state index contributed by atoms with van der Waals surface area (Å²) >= 11 is 0. The van der Waals surface area contributed by atoms with Gasteiger partial charge >= 0.3 is 5.97 Å². The zero-order chi connectivity index (χ0) is 8.97. The number of aromatic nitrogens is 2. The van der Waals surface area contributed by atoms with E-state index in [0.29, 0.717) is 12.3 Å². The summed E-state index contributed by atoms with van der Waals surface area (Å²) in [5.41, 5.74) is 0.637. The largest absolute Gasteiger partial charge is 0.460 e. The van der Waals surface area contributed by atoms with Crippen LogP contribution in [0.2, 0.25) is 0 Å². The third-order valence-corrected chi connectivity index (χ3v) is 1.28. The Bertz CT molecular complexity index is 291. The maximum absolute atomic E-state index is 11.0. The first kappa shape index (κ1) is 8.52. The summed E-state index contributed by atoms with van der Waals surface area (Å²) in [6.45, 7) is 5.61. The number of aromatic amines is 1. The van der Waals surface area contributed by atoms with E-state index in [1.165, 1.54) is 0 Å². The van der Waals surface area contributed by atoms with Crippen LogP contribution in [0.25, 0.3) is 6.08 Å². The third kappa shape index (κ3) is 1.72. The van der Waals surface area contributed by atoms with Crippen LogP contribution in [-0.4, -0.2) is 22.5 Å². The second-order valence-corrected chi connectivity index (χ2v) is 2.10. The standard InChI is InChI=1S/C8H10N2O2/c1-3-6-5-9-7(10-6)8(11)12-4-2/h3,5H,1,4H2,2H3,(H,9,10). The zero-order valence-electron chi connectivity index (χ0n) is 6.83. The molecule has 0 atom stereocenters. The molecule has 0 aliphatic rings. The van der Waals surface area contributed by atoms with Crippen molar-refractivity contribution in [3.05, 3.63) is 24.3 Å². The SMILES string of the molecule is C=Cc1c[nH]c(C(=O)OCC)n1. The van der Waals surface area contributed by atoms with Gasteiger partial charge in [-0.15, -0.1) is 0 Å². The number of H-pyrrole nitrogens is 1. The molecule has 0 radical (unpaired) electrons. The van der Waals surface area contributed by atoms with E-state index in [9.17, 15) is 4.79 Å². The molecule has 64 valence electrons. The third-order valence-electron chi connectivity index (χ3n) is 1.28. The highest BCUT2D eigenvalue weighted by Gasteiger charge is 2.09. The maximum Gasteiger partial charge on any atom is 0.374 e. The number of rotatable bonds is 3. The molecule has 0 aliphatic carbocycles. The van der Waals surface area contributed by atoms with Crippen molar-refractivity contribution in [2.75, 3.05) is 6.61 Å². The van der Waals surface area contributed by atoms with Crippen LogP contribution >= 0.6 is 0 Å². The van der Waals surface area contributed by atoms with Crippen molar-refractivity contribution < 1.29 is 9.53 Å². The van der Waals surface area contributed by atoms with Gasteiger partial charge < -0.3 is 9.72 Å². The molecule has 0 aromatic carbocycles. The van der Waals surface area contributed by atoms with Crippen molar-refractivity contribution in [3.8, 4) is 0 Å². The molecule has 1 rings (SSSR count). The molecule has 0 spiro atoms. The van der Waals surface area contributed by atoms with Crippen molar-refractivity contribution in [1.82, 2.24) is 9.97 Å². The van der Waals surface area contributed by atoms with E-state index in [2.05, 4.69) is 16.5 Å². The number of ether oxygens (including phenoxy) is 1. The van der Waals surface area contributed by atoms with Gasteiger partial charge in [-0.3, -0.25) is 0 Å². The van der Waals surface area contributed by atoms with Crippen LogP contribution in [0.15, 0.2) is 12.8 Å². The Hall–Kier alpha value is -1.58. The lowest BCUT2D eigenvalue weighted by molar-refractivity contribution is 0.0513. The quantitative estimate of drug-likeness (QED) is 0.687. The molecule has 4 heteroatoms. The number of nitrogens with one attached hydrogen (secondary N) is 1. The van der Waals surface area contributed by atoms with E-state index in [-0.39, 0.29) is 5.82 Å². The molecule has 4 nitrogen and oxygen atoms in total. The average molecular weight is 166 g/mol. The zero-order valence-corrected chi connectivity index (χ0v) is 6.83. The summed E-state index contributed by atoms with van der Waals surface area (Å²) in [7, 11) is 0. The van der Waals surface area contributed by atoms with E-state index in [0.717, 1.165) is 0 Å². The van der Waals surface area contributed by atoms with E-state index in [4.69, 9.17) is 4.74 Å². The van der Waals surface area contributed by atoms with Crippen molar-refractivity contribution in [2.24, 2.45) is 0 Å². The lowest BCUT2D eigenvalue weighted by atomic mass is 10.5. The van der Waals surface area contributed by atoms with Gasteiger partial charge in [-0.1, -0.05) is 6.58 Å². The molecule has 1 N–H and O–H groups in total. The maximum atomic E-state index is 11.0. The molecule has 0 bridgehead atoms. The molecular weight excluding hydrogens is 156 g/mol. The van der Waals surface area contributed by atoms with E-state index in [1.807, 2.05) is 0 Å². The number of nitrogens with zero attached hydrogens (tertiary/aromatic N) is 1. The molecule has 0 saturated carbocycles. The summed E-state index contributed by atoms with van der Waals surface area (Å²) in [5, 5.41) is 0. The predicted octanol–water partition coefficient (Wildman–Crippen LogP) is 1.23. The Kier molecular flexibility index (Phi) is 2.63. The van der Waals surface area contributed by atoms with Gasteiger partial charge in [0.1, 0.15) is 0 Å². The van der Waals surface area contributed by atoms with Crippen LogP contribution in [0.1, 0.15) is 23.2 Å². The van der Waals surface area contributed by atoms with Crippen LogP contribution in [0.3, 0.4) is 0 Å². The first-order chi connectivity index (χ1) is 5.77. The molecule has 1 heterocycles. The van der Waals surface area contributed by atoms with Crippen molar-refractivity contribution >= 4 is 12.0 Å². The van der Waals surface area contributed by atoms with Gasteiger partial charge in [-0.05, 0) is 13.0 Å². The fourth-order valence-corrected chi connectivity index (χ4v) is 0.745. The lowest BCUT2D eigenvalue weighted by Gasteiger charge is -1.95. The van der Waals surface area contributed by atoms with Crippen molar-refractivity contribution in [3.63, 3.8) is 0 Å². The fraction of sp³-hybridized carbons (Fsp3) is 0.250. The fourth-order valence-electron chi connectivity index (χ4n) is 0.745. The van der Waals surface area contributed by atoms with Gasteiger partial charge in [-0.25, -0.2) is 9.78 Å². The minimum atomic E-state index is -0.439. The number of carbonyl (C=O) groups is 1. The highest BCUT2D eigenvalue weighted by molar-refractivity contribution is 5.85. The van der Waals surface area contributed by atoms with Crippen molar-refractivity contribution in [1.29, 1.82) is 0 Å². The second kappa shape index (κ2) is 3.71. The van der Waals surface area contributed by atoms with Crippen LogP contribution in [0.5, 0.6) is 0 Å². The number of esters is 1. The van der Waals surface area contributed by atoms with Gasteiger partial charge in [0.15, 0.2) is 0 Å². The van der Waals surface area contributed by atoms with Gasteiger partial charge in [0.05, 0.1) is 12.3 Å². The van der Waals surface area contributed by atoms with Gasteiger partial charge in [-0.2, -0.15) is 0 Å². The Morgan fingerprint density at radius 3 is 3.17 bits per heavy atom. The summed E-state index contributed by atoms with van der Waals surface area (Å²) < 4.78 is 4.72. The summed E-state index contributed by atoms with van der Waals surface area (Å²) in [6.07, 6.45) is 3.15. The average Bonchev–Trinajstić information content (AvgIpc) is 2.52. The molecule has 1 aromatic rings. The number of hydrogen-bond donors (Lipinski definition) is 1. The minimum Gasteiger partial charge on any atom is -0.460 e. The van der Waals surface area contributed by atoms with Crippen LogP contribution in [0, 0.1) is 0 Å². The Labute approximate surface area is 70.3 Å². The summed E-state index contributed by atoms with van der Waals surface area (Å²) in [4.78, 5) is 17.6. The molecule has 0 aliphatic heterocycles.